The summed E-state index contributed by atoms with van der Waals surface area (Å²) in [5, 5.41) is 0.0601. The number of nitrogens with two attached hydrogens (primary N) is 1. The van der Waals surface area contributed by atoms with Gasteiger partial charge in [-0.3, -0.25) is 4.72 Å². The zero-order valence-corrected chi connectivity index (χ0v) is 16.3. The van der Waals surface area contributed by atoms with E-state index in [-0.39, 0.29) is 27.3 Å². The van der Waals surface area contributed by atoms with Crippen LogP contribution >= 0.6 is 11.6 Å². The third kappa shape index (κ3) is 4.68. The Morgan fingerprint density at radius 3 is 2.59 bits per heavy atom. The molecule has 0 saturated carbocycles. The number of nitrogen functional groups attached to an aromatic ring is 1. The van der Waals surface area contributed by atoms with Crippen LogP contribution in [0.1, 0.15) is 11.1 Å². The van der Waals surface area contributed by atoms with E-state index in [2.05, 4.69) is 31.8 Å². The number of nitrogens with one attached hydrogen (secondary N) is 1. The minimum absolute atomic E-state index is 0.0601. The van der Waals surface area contributed by atoms with Gasteiger partial charge in [-0.25, -0.2) is 32.7 Å². The van der Waals surface area contributed by atoms with Crippen LogP contribution in [-0.2, 0) is 10.0 Å². The molecule has 29 heavy (non-hydrogen) atoms. The Balaban J connectivity index is 1.94. The molecule has 0 aromatic carbocycles. The quantitative estimate of drug-likeness (QED) is 0.594. The van der Waals surface area contributed by atoms with Gasteiger partial charge < -0.3 is 10.5 Å². The Bertz CT molecular complexity index is 1230. The topological polar surface area (TPSA) is 133 Å². The number of rotatable bonds is 4. The lowest BCUT2D eigenvalue weighted by Crippen LogP contribution is -2.17. The molecule has 0 bridgehead atoms. The molecule has 3 N–H and O–H groups in total. The molecule has 12 heteroatoms. The summed E-state index contributed by atoms with van der Waals surface area (Å²) >= 11 is 5.81. The highest BCUT2D eigenvalue weighted by molar-refractivity contribution is 7.92. The fourth-order valence-corrected chi connectivity index (χ4v) is 3.47. The van der Waals surface area contributed by atoms with Crippen LogP contribution in [0.4, 0.5) is 16.2 Å². The lowest BCUT2D eigenvalue weighted by Gasteiger charge is -2.11. The van der Waals surface area contributed by atoms with Crippen molar-refractivity contribution in [2.24, 2.45) is 0 Å². The Morgan fingerprint density at radius 1 is 1.17 bits per heavy atom. The van der Waals surface area contributed by atoms with Gasteiger partial charge in [0.05, 0.1) is 23.3 Å². The van der Waals surface area contributed by atoms with Crippen molar-refractivity contribution in [3.63, 3.8) is 0 Å². The van der Waals surface area contributed by atoms with E-state index in [4.69, 9.17) is 22.1 Å². The number of methoxy groups -OCH3 is 1. The van der Waals surface area contributed by atoms with Gasteiger partial charge in [0.15, 0.2) is 16.5 Å². The maximum absolute atomic E-state index is 14.7. The third-order valence-electron chi connectivity index (χ3n) is 3.40. The second-order valence-corrected chi connectivity index (χ2v) is 7.45. The maximum Gasteiger partial charge on any atom is 0.268 e. The minimum Gasteiger partial charge on any atom is -0.480 e. The average molecular weight is 435 g/mol. The highest BCUT2D eigenvalue weighted by Crippen LogP contribution is 2.27. The second kappa shape index (κ2) is 8.26. The first-order chi connectivity index (χ1) is 13.8. The summed E-state index contributed by atoms with van der Waals surface area (Å²) in [6.45, 7) is 0. The highest BCUT2D eigenvalue weighted by atomic mass is 35.5. The zero-order valence-electron chi connectivity index (χ0n) is 14.7. The molecular formula is C17H12ClFN6O3S. The number of nitrogens with zero attached hydrogens (tertiary/aromatic N) is 4. The summed E-state index contributed by atoms with van der Waals surface area (Å²) in [5.41, 5.74) is 5.69. The van der Waals surface area contributed by atoms with Gasteiger partial charge >= 0.3 is 0 Å². The van der Waals surface area contributed by atoms with Gasteiger partial charge in [0.25, 0.3) is 10.0 Å². The van der Waals surface area contributed by atoms with E-state index in [1.807, 2.05) is 4.72 Å². The molecule has 0 unspecified atom stereocenters. The number of sulfonamides is 1. The predicted molar refractivity (Wildman–Crippen MR) is 103 cm³/mol. The standard InChI is InChI=1S/C17H12ClFN6O3S/c1-28-16-13(6-12(18)9-22-16)29(26,27)25-15-14(19)11(4-5-21-15)3-2-10-7-23-17(20)24-8-10/h4-9H,1H3,(H,21,25)(H2,20,23,24). The van der Waals surface area contributed by atoms with Crippen LogP contribution in [0.2, 0.25) is 5.02 Å². The summed E-state index contributed by atoms with van der Waals surface area (Å²) in [5.74, 6) is 3.58. The number of anilines is 2. The molecule has 0 aliphatic heterocycles. The fourth-order valence-electron chi connectivity index (χ4n) is 2.09. The molecule has 0 atom stereocenters. The van der Waals surface area contributed by atoms with Crippen LogP contribution in [0.15, 0.2) is 41.8 Å². The number of aromatic nitrogens is 4. The molecule has 0 aliphatic rings. The predicted octanol–water partition coefficient (Wildman–Crippen LogP) is 1.85. The van der Waals surface area contributed by atoms with Gasteiger partial charge in [-0.15, -0.1) is 0 Å². The van der Waals surface area contributed by atoms with Gasteiger partial charge in [-0.2, -0.15) is 0 Å². The zero-order chi connectivity index (χ0) is 21.0. The van der Waals surface area contributed by atoms with Crippen molar-refractivity contribution in [1.29, 1.82) is 0 Å². The van der Waals surface area contributed by atoms with Crippen molar-refractivity contribution in [3.8, 4) is 17.7 Å². The number of hydrogen-bond donors (Lipinski definition) is 2. The van der Waals surface area contributed by atoms with Crippen LogP contribution in [0, 0.1) is 17.7 Å². The number of pyridine rings is 2. The fraction of sp³-hybridized carbons (Fsp3) is 0.0588. The van der Waals surface area contributed by atoms with Gasteiger partial charge in [0, 0.05) is 24.8 Å². The van der Waals surface area contributed by atoms with E-state index in [9.17, 15) is 12.8 Å². The van der Waals surface area contributed by atoms with Crippen molar-refractivity contribution >= 4 is 33.4 Å². The normalized spacial score (nSPS) is 10.7. The Labute approximate surface area is 170 Å². The number of halogens is 2. The van der Waals surface area contributed by atoms with Gasteiger partial charge in [0.1, 0.15) is 0 Å². The molecule has 0 amide bonds. The molecule has 0 saturated heterocycles. The van der Waals surface area contributed by atoms with Crippen LogP contribution in [0.25, 0.3) is 0 Å². The van der Waals surface area contributed by atoms with Crippen LogP contribution in [-0.4, -0.2) is 35.5 Å². The van der Waals surface area contributed by atoms with Crippen molar-refractivity contribution in [1.82, 2.24) is 19.9 Å². The van der Waals surface area contributed by atoms with Crippen LogP contribution < -0.4 is 15.2 Å². The molecular weight excluding hydrogens is 423 g/mol. The number of hydrogen-bond acceptors (Lipinski definition) is 8. The lowest BCUT2D eigenvalue weighted by molar-refractivity contribution is 0.385. The summed E-state index contributed by atoms with van der Waals surface area (Å²) in [6.07, 6.45) is 5.17. The van der Waals surface area contributed by atoms with E-state index in [0.717, 1.165) is 6.07 Å². The first-order valence-electron chi connectivity index (χ1n) is 7.76. The molecule has 3 aromatic heterocycles. The van der Waals surface area contributed by atoms with Crippen LogP contribution in [0.5, 0.6) is 5.88 Å². The molecule has 3 rings (SSSR count). The highest BCUT2D eigenvalue weighted by Gasteiger charge is 2.24. The smallest absolute Gasteiger partial charge is 0.268 e. The van der Waals surface area contributed by atoms with Gasteiger partial charge in [-0.05, 0) is 12.1 Å². The second-order valence-electron chi connectivity index (χ2n) is 5.37. The van der Waals surface area contributed by atoms with Gasteiger partial charge in [0.2, 0.25) is 11.8 Å². The van der Waals surface area contributed by atoms with E-state index in [1.54, 1.807) is 0 Å². The Hall–Kier alpha value is -3.49. The van der Waals surface area contributed by atoms with E-state index < -0.39 is 21.7 Å². The third-order valence-corrected chi connectivity index (χ3v) is 4.94. The summed E-state index contributed by atoms with van der Waals surface area (Å²) in [6, 6.07) is 2.41. The summed E-state index contributed by atoms with van der Waals surface area (Å²) < 4.78 is 47.0. The van der Waals surface area contributed by atoms with E-state index >= 15 is 0 Å². The van der Waals surface area contributed by atoms with E-state index in [1.165, 1.54) is 38.0 Å². The SMILES string of the molecule is COc1ncc(Cl)cc1S(=O)(=O)Nc1nccc(C#Cc2cnc(N)nc2)c1F. The monoisotopic (exact) mass is 434 g/mol. The van der Waals surface area contributed by atoms with Crippen molar-refractivity contribution in [2.45, 2.75) is 4.90 Å². The molecule has 3 aromatic rings. The van der Waals surface area contributed by atoms with E-state index in [0.29, 0.717) is 5.56 Å². The largest absolute Gasteiger partial charge is 0.480 e. The molecule has 0 spiro atoms. The summed E-state index contributed by atoms with van der Waals surface area (Å²) in [4.78, 5) is 14.7. The minimum atomic E-state index is -4.30. The lowest BCUT2D eigenvalue weighted by atomic mass is 10.2. The summed E-state index contributed by atoms with van der Waals surface area (Å²) in [7, 11) is -3.05. The molecule has 0 radical (unpaired) electrons. The Kier molecular flexibility index (Phi) is 5.76. The molecule has 0 aliphatic carbocycles. The van der Waals surface area contributed by atoms with Crippen molar-refractivity contribution < 1.29 is 17.5 Å². The first-order valence-corrected chi connectivity index (χ1v) is 9.62. The molecule has 3 heterocycles. The Morgan fingerprint density at radius 2 is 1.90 bits per heavy atom. The van der Waals surface area contributed by atoms with Gasteiger partial charge in [-0.1, -0.05) is 23.4 Å². The molecule has 9 nitrogen and oxygen atoms in total. The number of ether oxygens (including phenoxy) is 1. The molecule has 0 fully saturated rings. The van der Waals surface area contributed by atoms with Crippen LogP contribution in [0.3, 0.4) is 0 Å². The van der Waals surface area contributed by atoms with Crippen molar-refractivity contribution in [3.05, 3.63) is 58.9 Å². The molecule has 148 valence electrons. The maximum atomic E-state index is 14.7. The first kappa shape index (κ1) is 20.2. The average Bonchev–Trinajstić information content (AvgIpc) is 2.70. The van der Waals surface area contributed by atoms with Crippen molar-refractivity contribution in [2.75, 3.05) is 17.6 Å².